The summed E-state index contributed by atoms with van der Waals surface area (Å²) in [5, 5.41) is 0.996. The van der Waals surface area contributed by atoms with Gasteiger partial charge in [-0.15, -0.1) is 0 Å². The number of fused-ring (bicyclic) bond motifs is 1. The fraction of sp³-hybridized carbons (Fsp3) is 0.312. The van der Waals surface area contributed by atoms with Crippen LogP contribution in [0.1, 0.15) is 27.9 Å². The van der Waals surface area contributed by atoms with Gasteiger partial charge in [-0.05, 0) is 65.9 Å². The van der Waals surface area contributed by atoms with Crippen molar-refractivity contribution in [2.75, 3.05) is 5.73 Å². The average Bonchev–Trinajstić information content (AvgIpc) is 2.76. The van der Waals surface area contributed by atoms with E-state index in [1.54, 1.807) is 0 Å². The molecule has 114 valence electrons. The summed E-state index contributed by atoms with van der Waals surface area (Å²) in [5.41, 5.74) is 12.5. The minimum atomic E-state index is 0.267. The summed E-state index contributed by atoms with van der Waals surface area (Å²) in [4.78, 5) is 13.2. The van der Waals surface area contributed by atoms with Crippen LogP contribution in [0.15, 0.2) is 17.0 Å². The Labute approximate surface area is 137 Å². The molecule has 0 unspecified atom stereocenters. The van der Waals surface area contributed by atoms with E-state index >= 15 is 0 Å². The molecule has 0 fully saturated rings. The maximum Gasteiger partial charge on any atom is 0.223 e. The molecule has 0 aromatic carbocycles. The van der Waals surface area contributed by atoms with E-state index in [9.17, 15) is 0 Å². The molecule has 0 amide bonds. The molecule has 2 N–H and O–H groups in total. The van der Waals surface area contributed by atoms with E-state index < -0.39 is 0 Å². The molecule has 3 rings (SSSR count). The summed E-state index contributed by atoms with van der Waals surface area (Å²) in [6.07, 6.45) is 4.00. The van der Waals surface area contributed by atoms with E-state index in [1.165, 1.54) is 16.7 Å². The number of aromatic nitrogens is 4. The van der Waals surface area contributed by atoms with E-state index in [-0.39, 0.29) is 5.95 Å². The zero-order valence-corrected chi connectivity index (χ0v) is 14.7. The van der Waals surface area contributed by atoms with Crippen LogP contribution in [-0.4, -0.2) is 19.5 Å². The van der Waals surface area contributed by atoms with Gasteiger partial charge in [0.2, 0.25) is 5.95 Å². The van der Waals surface area contributed by atoms with E-state index in [0.29, 0.717) is 6.54 Å². The Hall–Kier alpha value is -1.95. The van der Waals surface area contributed by atoms with Crippen LogP contribution in [0.4, 0.5) is 5.95 Å². The Bertz CT molecular complexity index is 882. The first kappa shape index (κ1) is 15.0. The van der Waals surface area contributed by atoms with Gasteiger partial charge in [-0.3, -0.25) is 4.98 Å². The van der Waals surface area contributed by atoms with Crippen LogP contribution in [0.3, 0.4) is 0 Å². The molecule has 3 heterocycles. The minimum absolute atomic E-state index is 0.267. The topological polar surface area (TPSA) is 69.6 Å². The van der Waals surface area contributed by atoms with Crippen molar-refractivity contribution in [2.45, 2.75) is 34.2 Å². The van der Waals surface area contributed by atoms with Gasteiger partial charge in [0.25, 0.3) is 0 Å². The smallest absolute Gasteiger partial charge is 0.223 e. The quantitative estimate of drug-likeness (QED) is 0.711. The Balaban J connectivity index is 2.14. The van der Waals surface area contributed by atoms with Crippen LogP contribution < -0.4 is 5.73 Å². The normalized spacial score (nSPS) is 11.3. The predicted molar refractivity (Wildman–Crippen MR) is 91.9 cm³/mol. The molecular weight excluding hydrogens is 342 g/mol. The lowest BCUT2D eigenvalue weighted by Crippen LogP contribution is -2.06. The molecular formula is C16H18BrN5. The molecule has 0 atom stereocenters. The van der Waals surface area contributed by atoms with Gasteiger partial charge in [-0.2, -0.15) is 4.98 Å². The molecule has 3 aromatic heterocycles. The van der Waals surface area contributed by atoms with Gasteiger partial charge in [0.1, 0.15) is 10.3 Å². The highest BCUT2D eigenvalue weighted by molar-refractivity contribution is 9.10. The van der Waals surface area contributed by atoms with Gasteiger partial charge in [-0.25, -0.2) is 4.98 Å². The van der Waals surface area contributed by atoms with Crippen molar-refractivity contribution in [3.8, 4) is 0 Å². The second kappa shape index (κ2) is 5.35. The van der Waals surface area contributed by atoms with E-state index in [2.05, 4.69) is 62.4 Å². The molecule has 0 aliphatic carbocycles. The Morgan fingerprint density at radius 1 is 1.09 bits per heavy atom. The number of anilines is 1. The summed E-state index contributed by atoms with van der Waals surface area (Å²) in [5.74, 6) is 0.267. The highest BCUT2D eigenvalue weighted by atomic mass is 79.9. The summed E-state index contributed by atoms with van der Waals surface area (Å²) in [6.45, 7) is 9.04. The van der Waals surface area contributed by atoms with Crippen LogP contribution >= 0.6 is 15.9 Å². The van der Waals surface area contributed by atoms with Crippen LogP contribution in [-0.2, 0) is 6.54 Å². The van der Waals surface area contributed by atoms with E-state index in [0.717, 1.165) is 26.9 Å². The minimum Gasteiger partial charge on any atom is -0.368 e. The van der Waals surface area contributed by atoms with E-state index in [1.807, 2.05) is 13.1 Å². The zero-order valence-electron chi connectivity index (χ0n) is 13.1. The van der Waals surface area contributed by atoms with Gasteiger partial charge in [0.05, 0.1) is 17.6 Å². The Morgan fingerprint density at radius 2 is 1.82 bits per heavy atom. The molecule has 3 aromatic rings. The molecule has 5 nitrogen and oxygen atoms in total. The molecule has 0 aliphatic rings. The predicted octanol–water partition coefficient (Wildman–Crippen LogP) is 3.45. The first-order valence-electron chi connectivity index (χ1n) is 7.08. The van der Waals surface area contributed by atoms with Gasteiger partial charge < -0.3 is 10.3 Å². The van der Waals surface area contributed by atoms with Crippen molar-refractivity contribution in [1.29, 1.82) is 0 Å². The monoisotopic (exact) mass is 359 g/mol. The van der Waals surface area contributed by atoms with Gasteiger partial charge in [-0.1, -0.05) is 0 Å². The van der Waals surface area contributed by atoms with Crippen molar-refractivity contribution in [2.24, 2.45) is 0 Å². The third-order valence-electron chi connectivity index (χ3n) is 4.20. The number of hydrogen-bond acceptors (Lipinski definition) is 4. The molecule has 0 radical (unpaired) electrons. The lowest BCUT2D eigenvalue weighted by molar-refractivity contribution is 0.784. The first-order chi connectivity index (χ1) is 10.4. The summed E-state index contributed by atoms with van der Waals surface area (Å²) < 4.78 is 2.81. The summed E-state index contributed by atoms with van der Waals surface area (Å²) in [7, 11) is 0. The van der Waals surface area contributed by atoms with E-state index in [4.69, 9.17) is 5.73 Å². The van der Waals surface area contributed by atoms with Crippen LogP contribution in [0.5, 0.6) is 0 Å². The highest BCUT2D eigenvalue weighted by Crippen LogP contribution is 2.27. The van der Waals surface area contributed by atoms with Crippen LogP contribution in [0.2, 0.25) is 0 Å². The lowest BCUT2D eigenvalue weighted by Gasteiger charge is -2.11. The molecule has 0 aliphatic heterocycles. The van der Waals surface area contributed by atoms with Crippen LogP contribution in [0.25, 0.3) is 11.0 Å². The second-order valence-corrected chi connectivity index (χ2v) is 6.40. The molecule has 0 saturated carbocycles. The first-order valence-corrected chi connectivity index (χ1v) is 7.88. The average molecular weight is 360 g/mol. The standard InChI is InChI=1S/C16H18BrN5/c1-8-5-19-12(11(4)10(8)3)7-22-6-9(2)13-14(17)20-16(18)21-15(13)22/h5-6H,7H2,1-4H3,(H2,18,20,21). The van der Waals surface area contributed by atoms with Crippen molar-refractivity contribution in [3.63, 3.8) is 0 Å². The molecule has 0 bridgehead atoms. The fourth-order valence-corrected chi connectivity index (χ4v) is 3.34. The largest absolute Gasteiger partial charge is 0.368 e. The number of aryl methyl sites for hydroxylation is 2. The Morgan fingerprint density at radius 3 is 2.55 bits per heavy atom. The summed E-state index contributed by atoms with van der Waals surface area (Å²) >= 11 is 3.47. The number of rotatable bonds is 2. The number of pyridine rings is 1. The van der Waals surface area contributed by atoms with Gasteiger partial charge in [0.15, 0.2) is 0 Å². The number of hydrogen-bond donors (Lipinski definition) is 1. The Kier molecular flexibility index (Phi) is 3.64. The molecule has 22 heavy (non-hydrogen) atoms. The lowest BCUT2D eigenvalue weighted by atomic mass is 10.0. The summed E-state index contributed by atoms with van der Waals surface area (Å²) in [6, 6.07) is 0. The third-order valence-corrected chi connectivity index (χ3v) is 4.77. The second-order valence-electron chi connectivity index (χ2n) is 5.65. The highest BCUT2D eigenvalue weighted by Gasteiger charge is 2.14. The SMILES string of the molecule is Cc1cnc(Cn2cc(C)c3c(Br)nc(N)nc32)c(C)c1C. The number of nitrogens with two attached hydrogens (primary N) is 1. The third kappa shape index (κ3) is 2.37. The fourth-order valence-electron chi connectivity index (χ4n) is 2.67. The zero-order chi connectivity index (χ0) is 16.0. The van der Waals surface area contributed by atoms with Crippen molar-refractivity contribution < 1.29 is 0 Å². The van der Waals surface area contributed by atoms with Crippen molar-refractivity contribution >= 4 is 32.9 Å². The number of nitrogens with zero attached hydrogens (tertiary/aromatic N) is 4. The maximum absolute atomic E-state index is 5.79. The number of halogens is 1. The molecule has 0 saturated heterocycles. The number of nitrogen functional groups attached to an aromatic ring is 1. The van der Waals surface area contributed by atoms with Crippen molar-refractivity contribution in [3.05, 3.63) is 44.9 Å². The van der Waals surface area contributed by atoms with Gasteiger partial charge >= 0.3 is 0 Å². The maximum atomic E-state index is 5.79. The van der Waals surface area contributed by atoms with Crippen molar-refractivity contribution in [1.82, 2.24) is 19.5 Å². The molecule has 6 heteroatoms. The van der Waals surface area contributed by atoms with Crippen LogP contribution in [0, 0.1) is 27.7 Å². The molecule has 0 spiro atoms. The van der Waals surface area contributed by atoms with Gasteiger partial charge in [0, 0.05) is 12.4 Å².